The van der Waals surface area contributed by atoms with E-state index in [4.69, 9.17) is 17.2 Å². The summed E-state index contributed by atoms with van der Waals surface area (Å²) in [6, 6.07) is 0.304. The van der Waals surface area contributed by atoms with Gasteiger partial charge in [-0.25, -0.2) is 4.79 Å². The van der Waals surface area contributed by atoms with Gasteiger partial charge in [-0.05, 0) is 102 Å². The second-order valence-electron chi connectivity index (χ2n) is 13.5. The van der Waals surface area contributed by atoms with Gasteiger partial charge in [-0.2, -0.15) is 0 Å². The van der Waals surface area contributed by atoms with Crippen LogP contribution in [-0.4, -0.2) is 85.6 Å². The summed E-state index contributed by atoms with van der Waals surface area (Å²) in [7, 11) is 0. The molecule has 5 rings (SSSR count). The number of amides is 3. The summed E-state index contributed by atoms with van der Waals surface area (Å²) in [4.78, 5) is 35.5. The summed E-state index contributed by atoms with van der Waals surface area (Å²) in [5, 5.41) is 24.2. The van der Waals surface area contributed by atoms with Crippen molar-refractivity contribution in [3.63, 3.8) is 0 Å². The van der Waals surface area contributed by atoms with Crippen molar-refractivity contribution in [1.82, 2.24) is 37.2 Å². The summed E-state index contributed by atoms with van der Waals surface area (Å²) >= 11 is 5.76. The van der Waals surface area contributed by atoms with E-state index >= 15 is 0 Å². The second-order valence-corrected chi connectivity index (χ2v) is 13.9. The molecular weight excluding hydrogens is 574 g/mol. The Hall–Kier alpha value is -2.63. The maximum atomic E-state index is 13.1. The number of nitrogens with zero attached hydrogens (tertiary/aromatic N) is 2. The Balaban J connectivity index is 1.08. The number of nitrogens with one attached hydrogen (secondary N) is 7. The highest BCUT2D eigenvalue weighted by atomic mass is 32.1. The molecular formula is C32H55N9O2S. The van der Waals surface area contributed by atoms with Gasteiger partial charge in [0.25, 0.3) is 0 Å². The fourth-order valence-electron chi connectivity index (χ4n) is 7.66. The van der Waals surface area contributed by atoms with E-state index in [1.807, 2.05) is 0 Å². The second kappa shape index (κ2) is 16.6. The predicted octanol–water partition coefficient (Wildman–Crippen LogP) is 2.71. The van der Waals surface area contributed by atoms with Crippen molar-refractivity contribution >= 4 is 40.9 Å². The van der Waals surface area contributed by atoms with Crippen LogP contribution in [0.3, 0.4) is 0 Å². The molecule has 0 spiro atoms. The zero-order valence-electron chi connectivity index (χ0n) is 26.6. The normalized spacial score (nSPS) is 32.4. The lowest BCUT2D eigenvalue weighted by Gasteiger charge is -2.37. The van der Waals surface area contributed by atoms with Gasteiger partial charge in [0, 0.05) is 74.6 Å². The molecule has 0 aromatic carbocycles. The topological polar surface area (TPSA) is 143 Å². The van der Waals surface area contributed by atoms with Crippen molar-refractivity contribution in [2.75, 3.05) is 32.7 Å². The highest BCUT2D eigenvalue weighted by Crippen LogP contribution is 2.28. The highest BCUT2D eigenvalue weighted by molar-refractivity contribution is 7.80. The molecule has 0 bridgehead atoms. The minimum absolute atomic E-state index is 0.0165. The van der Waals surface area contributed by atoms with Gasteiger partial charge < -0.3 is 37.2 Å². The van der Waals surface area contributed by atoms with Crippen molar-refractivity contribution in [2.45, 2.75) is 121 Å². The van der Waals surface area contributed by atoms with Gasteiger partial charge in [0.2, 0.25) is 5.91 Å². The van der Waals surface area contributed by atoms with Crippen molar-refractivity contribution in [2.24, 2.45) is 27.7 Å². The van der Waals surface area contributed by atoms with E-state index in [9.17, 15) is 9.59 Å². The Labute approximate surface area is 268 Å². The molecule has 12 heteroatoms. The Morgan fingerprint density at radius 1 is 0.727 bits per heavy atom. The first-order valence-corrected chi connectivity index (χ1v) is 17.9. The standard InChI is InChI=1S/C32H55N9O2S/c1-2-13-37-30(42)23-18-26(39-31(43)38-24-9-5-21(6-10-24)28-33-14-3-15-34-28)20-27(19-23)41-32(44)40-25-11-7-22(8-12-25)29-35-16-4-17-36-29/h21-27H,2-20H2,1H3,(H,33,34)(H,35,36)(H,37,42)(H2,38,39,43)(H2,40,41,44). The zero-order chi connectivity index (χ0) is 30.7. The first-order chi connectivity index (χ1) is 21.5. The lowest BCUT2D eigenvalue weighted by Crippen LogP contribution is -2.55. The van der Waals surface area contributed by atoms with E-state index in [0.29, 0.717) is 42.4 Å². The fourth-order valence-corrected chi connectivity index (χ4v) is 7.99. The molecule has 3 amide bonds. The van der Waals surface area contributed by atoms with Crippen LogP contribution in [0.2, 0.25) is 0 Å². The Bertz CT molecular complexity index is 967. The van der Waals surface area contributed by atoms with Crippen molar-refractivity contribution in [1.29, 1.82) is 0 Å². The third kappa shape index (κ3) is 9.68. The molecule has 11 nitrogen and oxygen atoms in total. The molecule has 0 radical (unpaired) electrons. The van der Waals surface area contributed by atoms with Gasteiger partial charge in [-0.15, -0.1) is 0 Å². The number of hydrogen-bond acceptors (Lipinski definition) is 7. The van der Waals surface area contributed by atoms with E-state index in [2.05, 4.69) is 49.1 Å². The van der Waals surface area contributed by atoms with Gasteiger partial charge in [0.05, 0.1) is 11.7 Å². The SMILES string of the molecule is CCCNC(=O)C1CC(NC(=O)NC2CCC(C3=NCCCN3)CC2)CC(NC(=S)NC2CCC(C3=NCCCN3)CC2)C1. The van der Waals surface area contributed by atoms with Crippen molar-refractivity contribution in [3.05, 3.63) is 0 Å². The summed E-state index contributed by atoms with van der Waals surface area (Å²) in [6.07, 6.45) is 13.6. The van der Waals surface area contributed by atoms with E-state index in [1.54, 1.807) is 0 Å². The van der Waals surface area contributed by atoms with E-state index in [1.165, 1.54) is 11.7 Å². The minimum Gasteiger partial charge on any atom is -0.374 e. The van der Waals surface area contributed by atoms with Gasteiger partial charge in [-0.1, -0.05) is 6.92 Å². The average molecular weight is 630 g/mol. The van der Waals surface area contributed by atoms with E-state index < -0.39 is 0 Å². The maximum Gasteiger partial charge on any atom is 0.315 e. The van der Waals surface area contributed by atoms with E-state index in [-0.39, 0.29) is 36.0 Å². The Morgan fingerprint density at radius 2 is 1.23 bits per heavy atom. The van der Waals surface area contributed by atoms with Gasteiger partial charge >= 0.3 is 6.03 Å². The van der Waals surface area contributed by atoms with Gasteiger partial charge in [0.15, 0.2) is 5.11 Å². The summed E-state index contributed by atoms with van der Waals surface area (Å²) in [5.41, 5.74) is 0. The lowest BCUT2D eigenvalue weighted by atomic mass is 9.81. The van der Waals surface area contributed by atoms with Crippen molar-refractivity contribution < 1.29 is 9.59 Å². The number of thiocarbonyl (C=S) groups is 1. The smallest absolute Gasteiger partial charge is 0.315 e. The molecule has 3 fully saturated rings. The number of aliphatic imine (C=N–C) groups is 2. The number of rotatable bonds is 9. The molecule has 2 aliphatic heterocycles. The number of urea groups is 1. The van der Waals surface area contributed by atoms with E-state index in [0.717, 1.165) is 103 Å². The molecule has 44 heavy (non-hydrogen) atoms. The number of carbonyl (C=O) groups is 2. The third-order valence-corrected chi connectivity index (χ3v) is 10.3. The molecule has 0 aromatic rings. The number of hydrogen-bond donors (Lipinski definition) is 7. The molecule has 5 aliphatic rings. The van der Waals surface area contributed by atoms with Crippen LogP contribution in [0, 0.1) is 17.8 Å². The first kappa shape index (κ1) is 32.8. The van der Waals surface area contributed by atoms with Crippen LogP contribution in [-0.2, 0) is 4.79 Å². The molecule has 3 unspecified atom stereocenters. The highest BCUT2D eigenvalue weighted by Gasteiger charge is 2.35. The van der Waals surface area contributed by atoms with Crippen LogP contribution in [0.25, 0.3) is 0 Å². The fraction of sp³-hybridized carbons (Fsp3) is 0.844. The Kier molecular flexibility index (Phi) is 12.4. The average Bonchev–Trinajstić information content (AvgIpc) is 3.05. The molecule has 246 valence electrons. The molecule has 0 saturated heterocycles. The quantitative estimate of drug-likeness (QED) is 0.195. The lowest BCUT2D eigenvalue weighted by molar-refractivity contribution is -0.126. The summed E-state index contributed by atoms with van der Waals surface area (Å²) < 4.78 is 0. The summed E-state index contributed by atoms with van der Waals surface area (Å²) in [5.74, 6) is 3.29. The van der Waals surface area contributed by atoms with Crippen molar-refractivity contribution in [3.8, 4) is 0 Å². The van der Waals surface area contributed by atoms with Crippen LogP contribution in [0.1, 0.15) is 96.8 Å². The minimum atomic E-state index is -0.167. The predicted molar refractivity (Wildman–Crippen MR) is 180 cm³/mol. The van der Waals surface area contributed by atoms with Crippen LogP contribution in [0.15, 0.2) is 9.98 Å². The largest absolute Gasteiger partial charge is 0.374 e. The maximum absolute atomic E-state index is 13.1. The monoisotopic (exact) mass is 629 g/mol. The molecule has 3 atom stereocenters. The molecule has 3 aliphatic carbocycles. The van der Waals surface area contributed by atoms with Crippen LogP contribution in [0.5, 0.6) is 0 Å². The first-order valence-electron chi connectivity index (χ1n) is 17.4. The third-order valence-electron chi connectivity index (χ3n) is 10.0. The zero-order valence-corrected chi connectivity index (χ0v) is 27.4. The van der Waals surface area contributed by atoms with Crippen LogP contribution < -0.4 is 37.2 Å². The van der Waals surface area contributed by atoms with Crippen LogP contribution >= 0.6 is 12.2 Å². The molecule has 0 aromatic heterocycles. The number of amidine groups is 2. The summed E-state index contributed by atoms with van der Waals surface area (Å²) in [6.45, 7) is 6.65. The van der Waals surface area contributed by atoms with Crippen LogP contribution in [0.4, 0.5) is 4.79 Å². The number of carbonyl (C=O) groups excluding carboxylic acids is 2. The van der Waals surface area contributed by atoms with Gasteiger partial charge in [0.1, 0.15) is 0 Å². The molecule has 7 N–H and O–H groups in total. The molecule has 2 heterocycles. The Morgan fingerprint density at radius 3 is 1.75 bits per heavy atom. The van der Waals surface area contributed by atoms with Gasteiger partial charge in [-0.3, -0.25) is 14.8 Å². The molecule has 3 saturated carbocycles.